The third kappa shape index (κ3) is 5.24. The first-order valence-electron chi connectivity index (χ1n) is 7.97. The van der Waals surface area contributed by atoms with Crippen LogP contribution in [0.3, 0.4) is 0 Å². The predicted octanol–water partition coefficient (Wildman–Crippen LogP) is 0.815. The lowest BCUT2D eigenvalue weighted by Crippen LogP contribution is -2.35. The molecule has 0 aromatic heterocycles. The van der Waals surface area contributed by atoms with Gasteiger partial charge in [-0.2, -0.15) is 0 Å². The van der Waals surface area contributed by atoms with E-state index in [9.17, 15) is 4.79 Å². The summed E-state index contributed by atoms with van der Waals surface area (Å²) in [5, 5.41) is 9.35. The van der Waals surface area contributed by atoms with Crippen LogP contribution in [0.25, 0.3) is 0 Å². The summed E-state index contributed by atoms with van der Waals surface area (Å²) in [6.07, 6.45) is 4.70. The third-order valence-corrected chi connectivity index (χ3v) is 4.24. The Morgan fingerprint density at radius 1 is 1.41 bits per heavy atom. The van der Waals surface area contributed by atoms with Gasteiger partial charge in [-0.25, -0.2) is 4.99 Å². The van der Waals surface area contributed by atoms with E-state index in [0.29, 0.717) is 21.3 Å². The number of nitrogens with one attached hydrogen (secondary N) is 3. The fourth-order valence-electron chi connectivity index (χ4n) is 2.34. The SMILES string of the molecule is CN/C=C(/NC(=O)/C(CN)=C1\N=C(N)C=CN1)C(N)c1cc(Cl)ccc1Cl. The average Bonchev–Trinajstić information content (AvgIpc) is 2.63. The Labute approximate surface area is 167 Å². The van der Waals surface area contributed by atoms with Crippen molar-refractivity contribution in [2.45, 2.75) is 6.04 Å². The number of carbonyl (C=O) groups excluding carboxylic acids is 1. The van der Waals surface area contributed by atoms with Crippen LogP contribution in [-0.4, -0.2) is 25.3 Å². The van der Waals surface area contributed by atoms with Gasteiger partial charge in [0.05, 0.1) is 17.3 Å². The number of amides is 1. The summed E-state index contributed by atoms with van der Waals surface area (Å²) in [6.45, 7) is -0.0568. The molecule has 0 saturated carbocycles. The third-order valence-electron chi connectivity index (χ3n) is 3.66. The van der Waals surface area contributed by atoms with Crippen LogP contribution in [0.4, 0.5) is 0 Å². The highest BCUT2D eigenvalue weighted by atomic mass is 35.5. The van der Waals surface area contributed by atoms with Crippen molar-refractivity contribution < 1.29 is 4.79 Å². The van der Waals surface area contributed by atoms with E-state index < -0.39 is 11.9 Å². The zero-order valence-electron chi connectivity index (χ0n) is 14.6. The van der Waals surface area contributed by atoms with Gasteiger partial charge in [-0.05, 0) is 29.8 Å². The zero-order chi connectivity index (χ0) is 20.0. The maximum Gasteiger partial charge on any atom is 0.256 e. The van der Waals surface area contributed by atoms with Crippen LogP contribution in [-0.2, 0) is 4.79 Å². The molecule has 0 fully saturated rings. The number of nitrogens with two attached hydrogens (primary N) is 3. The molecule has 1 amide bonds. The van der Waals surface area contributed by atoms with Crippen LogP contribution in [0.2, 0.25) is 10.0 Å². The number of nitrogens with zero attached hydrogens (tertiary/aromatic N) is 1. The average molecular weight is 410 g/mol. The van der Waals surface area contributed by atoms with Gasteiger partial charge in [0.15, 0.2) is 0 Å². The first-order valence-corrected chi connectivity index (χ1v) is 8.72. The molecule has 144 valence electrons. The van der Waals surface area contributed by atoms with Crippen LogP contribution in [0.15, 0.2) is 58.8 Å². The fraction of sp³-hybridized carbons (Fsp3) is 0.176. The molecule has 0 radical (unpaired) electrons. The maximum atomic E-state index is 12.7. The lowest BCUT2D eigenvalue weighted by Gasteiger charge is -2.20. The summed E-state index contributed by atoms with van der Waals surface area (Å²) in [5.41, 5.74) is 18.9. The molecule has 8 nitrogen and oxygen atoms in total. The summed E-state index contributed by atoms with van der Waals surface area (Å²) in [4.78, 5) is 16.8. The van der Waals surface area contributed by atoms with E-state index in [-0.39, 0.29) is 23.8 Å². The summed E-state index contributed by atoms with van der Waals surface area (Å²) >= 11 is 12.3. The van der Waals surface area contributed by atoms with E-state index in [1.807, 2.05) is 0 Å². The first-order chi connectivity index (χ1) is 12.9. The largest absolute Gasteiger partial charge is 0.393 e. The minimum absolute atomic E-state index is 0.0568. The fourth-order valence-corrected chi connectivity index (χ4v) is 2.76. The zero-order valence-corrected chi connectivity index (χ0v) is 16.1. The molecule has 1 aliphatic heterocycles. The Morgan fingerprint density at radius 2 is 2.15 bits per heavy atom. The highest BCUT2D eigenvalue weighted by Gasteiger charge is 2.21. The van der Waals surface area contributed by atoms with Crippen LogP contribution in [0, 0.1) is 0 Å². The van der Waals surface area contributed by atoms with Crippen molar-refractivity contribution >= 4 is 34.9 Å². The predicted molar refractivity (Wildman–Crippen MR) is 109 cm³/mol. The second-order valence-electron chi connectivity index (χ2n) is 5.53. The van der Waals surface area contributed by atoms with Gasteiger partial charge >= 0.3 is 0 Å². The Hall–Kier alpha value is -2.52. The summed E-state index contributed by atoms with van der Waals surface area (Å²) in [6, 6.07) is 4.21. The van der Waals surface area contributed by atoms with Crippen LogP contribution >= 0.6 is 23.2 Å². The number of aliphatic imine (C=N–C) groups is 1. The molecular formula is C17H21Cl2N7O. The van der Waals surface area contributed by atoms with Crippen LogP contribution in [0.5, 0.6) is 0 Å². The van der Waals surface area contributed by atoms with Crippen LogP contribution in [0.1, 0.15) is 11.6 Å². The monoisotopic (exact) mass is 409 g/mol. The highest BCUT2D eigenvalue weighted by Crippen LogP contribution is 2.28. The van der Waals surface area contributed by atoms with Crippen molar-refractivity contribution in [2.75, 3.05) is 13.6 Å². The number of rotatable bonds is 6. The van der Waals surface area contributed by atoms with Crippen molar-refractivity contribution in [2.24, 2.45) is 22.2 Å². The lowest BCUT2D eigenvalue weighted by atomic mass is 10.0. The first kappa shape index (κ1) is 20.8. The molecule has 1 unspecified atom stereocenters. The molecule has 27 heavy (non-hydrogen) atoms. The van der Waals surface area contributed by atoms with E-state index in [4.69, 9.17) is 40.4 Å². The minimum atomic E-state index is -0.732. The summed E-state index contributed by atoms with van der Waals surface area (Å²) in [5.74, 6) is 0.0611. The Bertz CT molecular complexity index is 846. The number of carbonyl (C=O) groups is 1. The normalized spacial score (nSPS) is 16.9. The number of hydrogen-bond acceptors (Lipinski definition) is 7. The molecule has 9 N–H and O–H groups in total. The van der Waals surface area contributed by atoms with E-state index in [0.717, 1.165) is 0 Å². The molecule has 0 aliphatic carbocycles. The second kappa shape index (κ2) is 9.43. The quantitative estimate of drug-likeness (QED) is 0.383. The summed E-state index contributed by atoms with van der Waals surface area (Å²) < 4.78 is 0. The van der Waals surface area contributed by atoms with Gasteiger partial charge in [-0.3, -0.25) is 4.79 Å². The molecule has 0 bridgehead atoms. The van der Waals surface area contributed by atoms with E-state index in [2.05, 4.69) is 20.9 Å². The van der Waals surface area contributed by atoms with E-state index >= 15 is 0 Å². The van der Waals surface area contributed by atoms with Crippen molar-refractivity contribution in [3.8, 4) is 0 Å². The lowest BCUT2D eigenvalue weighted by molar-refractivity contribution is -0.117. The van der Waals surface area contributed by atoms with Crippen LogP contribution < -0.4 is 33.2 Å². The molecule has 0 saturated heterocycles. The van der Waals surface area contributed by atoms with Gasteiger partial charge in [-0.1, -0.05) is 23.2 Å². The second-order valence-corrected chi connectivity index (χ2v) is 6.38. The van der Waals surface area contributed by atoms with Crippen molar-refractivity contribution in [3.63, 3.8) is 0 Å². The standard InChI is InChI=1S/C17H21Cl2N7O/c1-23-8-13(15(22)10-6-9(18)2-3-12(10)19)25-17(27)11(7-20)16-24-5-4-14(21)26-16/h2-6,8,15,23-24H,7,20,22H2,1H3,(H2,21,26)(H,25,27)/b13-8+,16-11-. The van der Waals surface area contributed by atoms with Gasteiger partial charge < -0.3 is 33.2 Å². The Kier molecular flexibility index (Phi) is 7.26. The van der Waals surface area contributed by atoms with Crippen molar-refractivity contribution in [1.29, 1.82) is 0 Å². The molecular weight excluding hydrogens is 389 g/mol. The molecule has 10 heteroatoms. The molecule has 1 heterocycles. The summed E-state index contributed by atoms with van der Waals surface area (Å²) in [7, 11) is 1.68. The Balaban J connectivity index is 2.31. The number of amidine groups is 1. The van der Waals surface area contributed by atoms with Crippen molar-refractivity contribution in [1.82, 2.24) is 16.0 Å². The molecule has 0 spiro atoms. The molecule has 2 rings (SSSR count). The van der Waals surface area contributed by atoms with Gasteiger partial charge in [0, 0.05) is 36.0 Å². The molecule has 1 aromatic carbocycles. The maximum absolute atomic E-state index is 12.7. The number of benzene rings is 1. The Morgan fingerprint density at radius 3 is 2.78 bits per heavy atom. The van der Waals surface area contributed by atoms with Gasteiger partial charge in [-0.15, -0.1) is 0 Å². The topological polar surface area (TPSA) is 144 Å². The molecule has 1 aliphatic rings. The van der Waals surface area contributed by atoms with E-state index in [1.54, 1.807) is 43.7 Å². The highest BCUT2D eigenvalue weighted by molar-refractivity contribution is 6.33. The van der Waals surface area contributed by atoms with Gasteiger partial charge in [0.1, 0.15) is 11.7 Å². The van der Waals surface area contributed by atoms with Gasteiger partial charge in [0.25, 0.3) is 5.91 Å². The van der Waals surface area contributed by atoms with Gasteiger partial charge in [0.2, 0.25) is 0 Å². The minimum Gasteiger partial charge on any atom is -0.393 e. The number of halogens is 2. The number of hydrogen-bond donors (Lipinski definition) is 6. The van der Waals surface area contributed by atoms with E-state index in [1.165, 1.54) is 0 Å². The smallest absolute Gasteiger partial charge is 0.256 e. The molecule has 1 atom stereocenters. The van der Waals surface area contributed by atoms with Crippen molar-refractivity contribution in [3.05, 3.63) is 69.4 Å². The molecule has 1 aromatic rings.